The second-order valence-electron chi connectivity index (χ2n) is 5.91. The first-order valence-electron chi connectivity index (χ1n) is 8.15. The lowest BCUT2D eigenvalue weighted by Gasteiger charge is -2.09. The van der Waals surface area contributed by atoms with Gasteiger partial charge in [0, 0.05) is 11.4 Å². The fraction of sp³-hybridized carbons (Fsp3) is 0. The summed E-state index contributed by atoms with van der Waals surface area (Å²) < 4.78 is 0. The van der Waals surface area contributed by atoms with E-state index in [4.69, 9.17) is 5.11 Å². The molecule has 2 heterocycles. The zero-order valence-corrected chi connectivity index (χ0v) is 14.5. The van der Waals surface area contributed by atoms with E-state index in [1.807, 2.05) is 0 Å². The van der Waals surface area contributed by atoms with Crippen molar-refractivity contribution in [2.45, 2.75) is 0 Å². The highest BCUT2D eigenvalue weighted by atomic mass is 16.4. The van der Waals surface area contributed by atoms with E-state index in [9.17, 15) is 19.8 Å². The Morgan fingerprint density at radius 2 is 1.48 bits per heavy atom. The summed E-state index contributed by atoms with van der Waals surface area (Å²) in [6, 6.07) is 8.27. The van der Waals surface area contributed by atoms with Gasteiger partial charge in [-0.2, -0.15) is 15.0 Å². The molecule has 0 saturated carbocycles. The number of benzene rings is 2. The SMILES string of the molecule is O=C(O)c1cc(Nc2nc(O)nc(Nc3ccc4[nH]c(=O)[nH]c4c3)n2)ccc1O. The van der Waals surface area contributed by atoms with Crippen LogP contribution in [0.15, 0.2) is 41.2 Å². The average Bonchev–Trinajstić information content (AvgIpc) is 3.02. The van der Waals surface area contributed by atoms with Crippen molar-refractivity contribution in [3.8, 4) is 11.8 Å². The fourth-order valence-corrected chi connectivity index (χ4v) is 2.63. The molecule has 0 amide bonds. The number of anilines is 4. The first kappa shape index (κ1) is 17.8. The molecule has 12 nitrogen and oxygen atoms in total. The number of imidazole rings is 1. The van der Waals surface area contributed by atoms with Crippen LogP contribution in [0, 0.1) is 0 Å². The summed E-state index contributed by atoms with van der Waals surface area (Å²) in [5, 5.41) is 34.1. The maximum atomic E-state index is 11.4. The van der Waals surface area contributed by atoms with Crippen molar-refractivity contribution in [3.63, 3.8) is 0 Å². The first-order chi connectivity index (χ1) is 13.9. The van der Waals surface area contributed by atoms with Crippen molar-refractivity contribution in [1.29, 1.82) is 0 Å². The van der Waals surface area contributed by atoms with E-state index in [0.29, 0.717) is 16.7 Å². The summed E-state index contributed by atoms with van der Waals surface area (Å²) in [6.07, 6.45) is 0. The molecule has 0 aliphatic heterocycles. The number of hydrogen-bond acceptors (Lipinski definition) is 9. The Balaban J connectivity index is 1.61. The van der Waals surface area contributed by atoms with Crippen LogP contribution >= 0.6 is 0 Å². The van der Waals surface area contributed by atoms with Crippen LogP contribution in [0.5, 0.6) is 11.8 Å². The largest absolute Gasteiger partial charge is 0.507 e. The quantitative estimate of drug-likeness (QED) is 0.245. The predicted octanol–water partition coefficient (Wildman–Crippen LogP) is 1.64. The number of aromatic nitrogens is 5. The van der Waals surface area contributed by atoms with Gasteiger partial charge in [0.25, 0.3) is 0 Å². The van der Waals surface area contributed by atoms with E-state index in [0.717, 1.165) is 0 Å². The molecule has 0 radical (unpaired) electrons. The lowest BCUT2D eigenvalue weighted by molar-refractivity contribution is 0.0693. The molecule has 0 unspecified atom stereocenters. The zero-order chi connectivity index (χ0) is 20.5. The number of aromatic carboxylic acids is 1. The molecule has 0 atom stereocenters. The minimum Gasteiger partial charge on any atom is -0.507 e. The van der Waals surface area contributed by atoms with Gasteiger partial charge in [0.05, 0.1) is 11.0 Å². The average molecular weight is 395 g/mol. The van der Waals surface area contributed by atoms with Crippen molar-refractivity contribution >= 4 is 40.3 Å². The highest BCUT2D eigenvalue weighted by Crippen LogP contribution is 2.24. The topological polar surface area (TPSA) is 189 Å². The second-order valence-corrected chi connectivity index (χ2v) is 5.91. The number of fused-ring (bicyclic) bond motifs is 1. The van der Waals surface area contributed by atoms with E-state index in [2.05, 4.69) is 35.6 Å². The van der Waals surface area contributed by atoms with E-state index in [1.54, 1.807) is 18.2 Å². The zero-order valence-electron chi connectivity index (χ0n) is 14.5. The molecule has 0 fully saturated rings. The molecule has 4 aromatic rings. The fourth-order valence-electron chi connectivity index (χ4n) is 2.63. The smallest absolute Gasteiger partial charge is 0.339 e. The van der Waals surface area contributed by atoms with Gasteiger partial charge in [-0.3, -0.25) is 0 Å². The Labute approximate surface area is 160 Å². The summed E-state index contributed by atoms with van der Waals surface area (Å²) in [5.41, 5.74) is 1.38. The summed E-state index contributed by atoms with van der Waals surface area (Å²) in [7, 11) is 0. The van der Waals surface area contributed by atoms with Crippen LogP contribution in [0.25, 0.3) is 11.0 Å². The normalized spacial score (nSPS) is 10.8. The number of H-pyrrole nitrogens is 2. The molecule has 12 heteroatoms. The Kier molecular flexibility index (Phi) is 4.20. The molecule has 0 saturated heterocycles. The molecule has 2 aromatic heterocycles. The van der Waals surface area contributed by atoms with Crippen LogP contribution in [0.3, 0.4) is 0 Å². The van der Waals surface area contributed by atoms with Gasteiger partial charge < -0.3 is 35.9 Å². The summed E-state index contributed by atoms with van der Waals surface area (Å²) >= 11 is 0. The maximum Gasteiger partial charge on any atom is 0.339 e. The number of nitrogens with one attached hydrogen (secondary N) is 4. The molecule has 7 N–H and O–H groups in total. The highest BCUT2D eigenvalue weighted by Gasteiger charge is 2.12. The minimum atomic E-state index is -1.30. The van der Waals surface area contributed by atoms with E-state index in [1.165, 1.54) is 18.2 Å². The number of nitrogens with zero attached hydrogens (tertiary/aromatic N) is 3. The highest BCUT2D eigenvalue weighted by molar-refractivity contribution is 5.92. The maximum absolute atomic E-state index is 11.4. The Morgan fingerprint density at radius 1 is 0.862 bits per heavy atom. The third-order valence-corrected chi connectivity index (χ3v) is 3.88. The molecular weight excluding hydrogens is 382 g/mol. The number of hydrogen-bond donors (Lipinski definition) is 7. The van der Waals surface area contributed by atoms with Crippen molar-refractivity contribution in [1.82, 2.24) is 24.9 Å². The van der Waals surface area contributed by atoms with Gasteiger partial charge in [-0.15, -0.1) is 0 Å². The molecule has 2 aromatic carbocycles. The summed E-state index contributed by atoms with van der Waals surface area (Å²) in [5.74, 6) is -1.74. The van der Waals surface area contributed by atoms with E-state index >= 15 is 0 Å². The van der Waals surface area contributed by atoms with Crippen LogP contribution in [0.1, 0.15) is 10.4 Å². The van der Waals surface area contributed by atoms with Crippen molar-refractivity contribution in [2.75, 3.05) is 10.6 Å². The minimum absolute atomic E-state index is 0.00877. The number of aromatic amines is 2. The van der Waals surface area contributed by atoms with Crippen molar-refractivity contribution < 1.29 is 20.1 Å². The standard InChI is InChI=1S/C17H13N7O5/c25-12-4-2-7(5-9(12)13(26)27)18-14-22-15(24-17(29)23-14)19-8-1-3-10-11(6-8)21-16(28)20-10/h1-6,25H,(H,26,27)(H2,20,21,28)(H3,18,19,22,23,24,29). The third kappa shape index (κ3) is 3.75. The van der Waals surface area contributed by atoms with Gasteiger partial charge in [0.1, 0.15) is 11.3 Å². The Hall–Kier alpha value is -4.61. The molecule has 4 rings (SSSR count). The van der Waals surface area contributed by atoms with Crippen molar-refractivity contribution in [3.05, 3.63) is 52.4 Å². The predicted molar refractivity (Wildman–Crippen MR) is 102 cm³/mol. The summed E-state index contributed by atoms with van der Waals surface area (Å²) in [4.78, 5) is 39.4. The number of aromatic hydroxyl groups is 2. The van der Waals surface area contributed by atoms with Gasteiger partial charge in [0.15, 0.2) is 0 Å². The molecular formula is C17H13N7O5. The lowest BCUT2D eigenvalue weighted by Crippen LogP contribution is -2.04. The first-order valence-corrected chi connectivity index (χ1v) is 8.15. The number of phenols is 1. The lowest BCUT2D eigenvalue weighted by atomic mass is 10.2. The van der Waals surface area contributed by atoms with Crippen LogP contribution in [0.2, 0.25) is 0 Å². The van der Waals surface area contributed by atoms with Crippen molar-refractivity contribution in [2.24, 2.45) is 0 Å². The van der Waals surface area contributed by atoms with Crippen LogP contribution in [-0.4, -0.2) is 46.2 Å². The van der Waals surface area contributed by atoms with Gasteiger partial charge in [0.2, 0.25) is 11.9 Å². The molecule has 0 bridgehead atoms. The monoisotopic (exact) mass is 395 g/mol. The third-order valence-electron chi connectivity index (χ3n) is 3.88. The number of carboxylic acids is 1. The van der Waals surface area contributed by atoms with Gasteiger partial charge in [-0.25, -0.2) is 9.59 Å². The van der Waals surface area contributed by atoms with E-state index in [-0.39, 0.29) is 34.6 Å². The molecule has 0 spiro atoms. The van der Waals surface area contributed by atoms with Gasteiger partial charge in [-0.05, 0) is 36.4 Å². The van der Waals surface area contributed by atoms with Crippen LogP contribution in [-0.2, 0) is 0 Å². The number of carbonyl (C=O) groups is 1. The number of carboxylic acid groups (broad SMARTS) is 1. The van der Waals surface area contributed by atoms with Crippen LogP contribution in [0.4, 0.5) is 23.3 Å². The molecule has 0 aliphatic rings. The summed E-state index contributed by atoms with van der Waals surface area (Å²) in [6.45, 7) is 0. The molecule has 0 aliphatic carbocycles. The Bertz CT molecular complexity index is 1300. The van der Waals surface area contributed by atoms with Gasteiger partial charge in [-0.1, -0.05) is 0 Å². The second kappa shape index (κ2) is 6.84. The number of rotatable bonds is 5. The molecule has 29 heavy (non-hydrogen) atoms. The van der Waals surface area contributed by atoms with Gasteiger partial charge >= 0.3 is 17.7 Å². The Morgan fingerprint density at radius 3 is 2.17 bits per heavy atom. The van der Waals surface area contributed by atoms with E-state index < -0.39 is 12.0 Å². The van der Waals surface area contributed by atoms with Crippen LogP contribution < -0.4 is 16.3 Å². The molecule has 146 valence electrons.